The lowest BCUT2D eigenvalue weighted by Crippen LogP contribution is -2.26. The number of anilines is 2. The van der Waals surface area contributed by atoms with Crippen LogP contribution in [0.2, 0.25) is 0 Å². The van der Waals surface area contributed by atoms with Crippen LogP contribution >= 0.6 is 0 Å². The Labute approximate surface area is 152 Å². The first-order valence-corrected chi connectivity index (χ1v) is 9.05. The van der Waals surface area contributed by atoms with E-state index in [1.54, 1.807) is 6.07 Å². The van der Waals surface area contributed by atoms with Crippen LogP contribution in [0.15, 0.2) is 18.2 Å². The Morgan fingerprint density at radius 2 is 2.19 bits per heavy atom. The van der Waals surface area contributed by atoms with Crippen molar-refractivity contribution in [3.05, 3.63) is 23.8 Å². The molecular weight excluding hydrogens is 336 g/mol. The SMILES string of the molecule is CCCC(=O)OC[C@H]1CN(c2ccc3c(c2)CCC(C)C(=O)N3)C(=O)O1. The van der Waals surface area contributed by atoms with Gasteiger partial charge in [-0.3, -0.25) is 14.5 Å². The number of rotatable bonds is 5. The van der Waals surface area contributed by atoms with Crippen molar-refractivity contribution in [2.75, 3.05) is 23.4 Å². The molecule has 7 nitrogen and oxygen atoms in total. The van der Waals surface area contributed by atoms with Crippen molar-refractivity contribution in [2.24, 2.45) is 5.92 Å². The minimum atomic E-state index is -0.471. The van der Waals surface area contributed by atoms with Crippen molar-refractivity contribution in [3.8, 4) is 0 Å². The number of hydrogen-bond donors (Lipinski definition) is 1. The van der Waals surface area contributed by atoms with Gasteiger partial charge in [0, 0.05) is 23.7 Å². The molecule has 0 aliphatic carbocycles. The number of cyclic esters (lactones) is 1. The number of nitrogens with zero attached hydrogens (tertiary/aromatic N) is 1. The topological polar surface area (TPSA) is 84.9 Å². The quantitative estimate of drug-likeness (QED) is 0.816. The summed E-state index contributed by atoms with van der Waals surface area (Å²) in [5.41, 5.74) is 2.52. The summed E-state index contributed by atoms with van der Waals surface area (Å²) in [6.07, 6.45) is 1.69. The zero-order valence-electron chi connectivity index (χ0n) is 15.1. The van der Waals surface area contributed by atoms with Crippen LogP contribution in [0.1, 0.15) is 38.7 Å². The summed E-state index contributed by atoms with van der Waals surface area (Å²) in [5, 5.41) is 2.92. The van der Waals surface area contributed by atoms with Gasteiger partial charge in [-0.25, -0.2) is 4.79 Å². The average molecular weight is 360 g/mol. The molecule has 2 atom stereocenters. The van der Waals surface area contributed by atoms with Crippen molar-refractivity contribution in [2.45, 2.75) is 45.6 Å². The molecule has 1 aromatic carbocycles. The van der Waals surface area contributed by atoms with Gasteiger partial charge in [0.2, 0.25) is 5.91 Å². The molecule has 1 saturated heterocycles. The van der Waals surface area contributed by atoms with Crippen molar-refractivity contribution in [1.82, 2.24) is 0 Å². The fourth-order valence-corrected chi connectivity index (χ4v) is 3.12. The molecule has 1 N–H and O–H groups in total. The average Bonchev–Trinajstić information content (AvgIpc) is 2.92. The highest BCUT2D eigenvalue weighted by molar-refractivity contribution is 5.95. The molecule has 0 radical (unpaired) electrons. The number of hydrogen-bond acceptors (Lipinski definition) is 5. The van der Waals surface area contributed by atoms with Crippen LogP contribution in [0.4, 0.5) is 16.2 Å². The first kappa shape index (κ1) is 18.2. The standard InChI is InChI=1S/C19H24N2O5/c1-3-4-17(22)25-11-15-10-21(19(24)26-15)14-7-8-16-13(9-14)6-5-12(2)18(23)20-16/h7-9,12,15H,3-6,10-11H2,1-2H3,(H,20,23)/t12?,15-/m1/s1. The fraction of sp³-hybridized carbons (Fsp3) is 0.526. The van der Waals surface area contributed by atoms with E-state index in [1.165, 1.54) is 4.90 Å². The fourth-order valence-electron chi connectivity index (χ4n) is 3.12. The Bertz CT molecular complexity index is 718. The molecule has 1 unspecified atom stereocenters. The Morgan fingerprint density at radius 1 is 1.38 bits per heavy atom. The molecular formula is C19H24N2O5. The smallest absolute Gasteiger partial charge is 0.414 e. The van der Waals surface area contributed by atoms with Gasteiger partial charge in [0.25, 0.3) is 0 Å². The van der Waals surface area contributed by atoms with Crippen LogP contribution < -0.4 is 10.2 Å². The van der Waals surface area contributed by atoms with Gasteiger partial charge in [0.05, 0.1) is 6.54 Å². The maximum Gasteiger partial charge on any atom is 0.414 e. The zero-order chi connectivity index (χ0) is 18.7. The van der Waals surface area contributed by atoms with E-state index < -0.39 is 12.2 Å². The normalized spacial score (nSPS) is 22.3. The number of carbonyl (C=O) groups excluding carboxylic acids is 3. The van der Waals surface area contributed by atoms with Crippen LogP contribution in [0.5, 0.6) is 0 Å². The van der Waals surface area contributed by atoms with Crippen LogP contribution in [-0.4, -0.2) is 37.2 Å². The van der Waals surface area contributed by atoms with Crippen LogP contribution in [0, 0.1) is 5.92 Å². The predicted octanol–water partition coefficient (Wildman–Crippen LogP) is 2.88. The molecule has 1 fully saturated rings. The largest absolute Gasteiger partial charge is 0.462 e. The summed E-state index contributed by atoms with van der Waals surface area (Å²) in [4.78, 5) is 37.1. The molecule has 2 aliphatic heterocycles. The zero-order valence-corrected chi connectivity index (χ0v) is 15.1. The highest BCUT2D eigenvalue weighted by Crippen LogP contribution is 2.30. The minimum Gasteiger partial charge on any atom is -0.462 e. The number of benzene rings is 1. The maximum absolute atomic E-state index is 12.2. The molecule has 3 rings (SSSR count). The third kappa shape index (κ3) is 3.98. The number of ether oxygens (including phenoxy) is 2. The number of esters is 1. The lowest BCUT2D eigenvalue weighted by Gasteiger charge is -2.16. The molecule has 1 aromatic rings. The monoisotopic (exact) mass is 360 g/mol. The molecule has 0 spiro atoms. The van der Waals surface area contributed by atoms with Gasteiger partial charge in [-0.05, 0) is 43.0 Å². The number of carbonyl (C=O) groups is 3. The first-order chi connectivity index (χ1) is 12.5. The van der Waals surface area contributed by atoms with Gasteiger partial charge < -0.3 is 14.8 Å². The van der Waals surface area contributed by atoms with Gasteiger partial charge in [-0.15, -0.1) is 0 Å². The van der Waals surface area contributed by atoms with Gasteiger partial charge in [0.1, 0.15) is 6.61 Å². The Balaban J connectivity index is 1.67. The second-order valence-electron chi connectivity index (χ2n) is 6.82. The number of nitrogens with one attached hydrogen (secondary N) is 1. The molecule has 140 valence electrons. The number of fused-ring (bicyclic) bond motifs is 1. The van der Waals surface area contributed by atoms with Gasteiger partial charge >= 0.3 is 12.1 Å². The number of aryl methyl sites for hydroxylation is 1. The van der Waals surface area contributed by atoms with E-state index in [-0.39, 0.29) is 24.4 Å². The molecule has 0 aromatic heterocycles. The second-order valence-corrected chi connectivity index (χ2v) is 6.82. The van der Waals surface area contributed by atoms with E-state index in [0.717, 1.165) is 36.2 Å². The van der Waals surface area contributed by atoms with E-state index in [4.69, 9.17) is 9.47 Å². The first-order valence-electron chi connectivity index (χ1n) is 9.05. The summed E-state index contributed by atoms with van der Waals surface area (Å²) in [7, 11) is 0. The van der Waals surface area contributed by atoms with E-state index in [2.05, 4.69) is 5.32 Å². The third-order valence-electron chi connectivity index (χ3n) is 4.71. The molecule has 2 amide bonds. The predicted molar refractivity (Wildman–Crippen MR) is 96.0 cm³/mol. The lowest BCUT2D eigenvalue weighted by atomic mass is 10.0. The van der Waals surface area contributed by atoms with Gasteiger partial charge in [-0.2, -0.15) is 0 Å². The summed E-state index contributed by atoms with van der Waals surface area (Å²) in [5.74, 6) is -0.298. The molecule has 0 saturated carbocycles. The molecule has 7 heteroatoms. The van der Waals surface area contributed by atoms with Crippen molar-refractivity contribution < 1.29 is 23.9 Å². The van der Waals surface area contributed by atoms with Gasteiger partial charge in [0.15, 0.2) is 6.10 Å². The van der Waals surface area contributed by atoms with E-state index in [9.17, 15) is 14.4 Å². The summed E-state index contributed by atoms with van der Waals surface area (Å²) in [6, 6.07) is 5.53. The second kappa shape index (κ2) is 7.76. The van der Waals surface area contributed by atoms with Crippen molar-refractivity contribution in [1.29, 1.82) is 0 Å². The molecule has 2 aliphatic rings. The molecule has 0 bridgehead atoms. The van der Waals surface area contributed by atoms with Crippen molar-refractivity contribution in [3.63, 3.8) is 0 Å². The van der Waals surface area contributed by atoms with Crippen molar-refractivity contribution >= 4 is 29.3 Å². The molecule has 2 heterocycles. The number of amides is 2. The highest BCUT2D eigenvalue weighted by atomic mass is 16.6. The van der Waals surface area contributed by atoms with Crippen LogP contribution in [0.25, 0.3) is 0 Å². The van der Waals surface area contributed by atoms with E-state index in [1.807, 2.05) is 26.0 Å². The van der Waals surface area contributed by atoms with E-state index in [0.29, 0.717) is 13.0 Å². The third-order valence-corrected chi connectivity index (χ3v) is 4.71. The van der Waals surface area contributed by atoms with E-state index >= 15 is 0 Å². The molecule has 26 heavy (non-hydrogen) atoms. The van der Waals surface area contributed by atoms with Crippen LogP contribution in [0.3, 0.4) is 0 Å². The maximum atomic E-state index is 12.2. The summed E-state index contributed by atoms with van der Waals surface area (Å²) >= 11 is 0. The van der Waals surface area contributed by atoms with Crippen LogP contribution in [-0.2, 0) is 25.5 Å². The Kier molecular flexibility index (Phi) is 5.44. The van der Waals surface area contributed by atoms with Gasteiger partial charge in [-0.1, -0.05) is 13.8 Å². The Morgan fingerprint density at radius 3 is 2.96 bits per heavy atom. The Hall–Kier alpha value is -2.57. The highest BCUT2D eigenvalue weighted by Gasteiger charge is 2.33. The minimum absolute atomic E-state index is 0.0195. The lowest BCUT2D eigenvalue weighted by molar-refractivity contribution is -0.146. The summed E-state index contributed by atoms with van der Waals surface area (Å²) < 4.78 is 10.4. The summed E-state index contributed by atoms with van der Waals surface area (Å²) in [6.45, 7) is 4.21.